The van der Waals surface area contributed by atoms with Crippen LogP contribution in [-0.4, -0.2) is 37.2 Å². The van der Waals surface area contributed by atoms with Gasteiger partial charge in [-0.05, 0) is 31.1 Å². The van der Waals surface area contributed by atoms with Gasteiger partial charge in [0.2, 0.25) is 0 Å². The van der Waals surface area contributed by atoms with Crippen molar-refractivity contribution in [1.29, 1.82) is 0 Å². The molecule has 350 valence electrons. The Labute approximate surface area is 368 Å². The van der Waals surface area contributed by atoms with Crippen LogP contribution < -0.4 is 0 Å². The molecule has 0 unspecified atom stereocenters. The van der Waals surface area contributed by atoms with Crippen molar-refractivity contribution >= 4 is 17.9 Å². The van der Waals surface area contributed by atoms with E-state index in [1.54, 1.807) is 0 Å². The fourth-order valence-corrected chi connectivity index (χ4v) is 7.99. The molecule has 0 amide bonds. The summed E-state index contributed by atoms with van der Waals surface area (Å²) in [5, 5.41) is 0. The second-order valence-corrected chi connectivity index (χ2v) is 19.1. The SMILES string of the molecule is CCCCCCCCCCCCCCCCC(=O)OC[C@@H](COC(=O)CCCCCCCCCCCCCC(C)C)OC(=O)CCCCCCCCCCCCC(C)C. The molecule has 1 atom stereocenters. The van der Waals surface area contributed by atoms with E-state index in [9.17, 15) is 14.4 Å². The molecule has 0 N–H and O–H groups in total. The van der Waals surface area contributed by atoms with Crippen LogP contribution in [0.4, 0.5) is 0 Å². The second kappa shape index (κ2) is 45.9. The minimum atomic E-state index is -0.762. The van der Waals surface area contributed by atoms with Gasteiger partial charge >= 0.3 is 17.9 Å². The van der Waals surface area contributed by atoms with Crippen molar-refractivity contribution in [1.82, 2.24) is 0 Å². The van der Waals surface area contributed by atoms with Crippen molar-refractivity contribution in [2.24, 2.45) is 11.8 Å². The first-order chi connectivity index (χ1) is 28.7. The Hall–Kier alpha value is -1.59. The van der Waals surface area contributed by atoms with Crippen molar-refractivity contribution < 1.29 is 28.6 Å². The molecule has 0 radical (unpaired) electrons. The highest BCUT2D eigenvalue weighted by molar-refractivity contribution is 5.71. The van der Waals surface area contributed by atoms with Gasteiger partial charge < -0.3 is 14.2 Å². The van der Waals surface area contributed by atoms with E-state index in [2.05, 4.69) is 34.6 Å². The summed E-state index contributed by atoms with van der Waals surface area (Å²) < 4.78 is 16.8. The maximum Gasteiger partial charge on any atom is 0.306 e. The van der Waals surface area contributed by atoms with Gasteiger partial charge in [0.25, 0.3) is 0 Å². The van der Waals surface area contributed by atoms with Crippen LogP contribution in [0.15, 0.2) is 0 Å². The Kier molecular flexibility index (Phi) is 44.7. The van der Waals surface area contributed by atoms with Crippen molar-refractivity contribution in [2.75, 3.05) is 13.2 Å². The molecule has 0 rings (SSSR count). The zero-order chi connectivity index (χ0) is 43.3. The van der Waals surface area contributed by atoms with E-state index in [0.29, 0.717) is 19.3 Å². The van der Waals surface area contributed by atoms with Gasteiger partial charge in [-0.2, -0.15) is 0 Å². The number of unbranched alkanes of at least 4 members (excludes halogenated alkanes) is 32. The van der Waals surface area contributed by atoms with Crippen LogP contribution in [0.5, 0.6) is 0 Å². The molecule has 6 heteroatoms. The lowest BCUT2D eigenvalue weighted by atomic mass is 10.0. The predicted octanol–water partition coefficient (Wildman–Crippen LogP) is 16.9. The van der Waals surface area contributed by atoms with Gasteiger partial charge in [-0.25, -0.2) is 0 Å². The first kappa shape index (κ1) is 57.4. The van der Waals surface area contributed by atoms with Crippen molar-refractivity contribution in [3.63, 3.8) is 0 Å². The molecule has 0 aromatic carbocycles. The molecule has 0 spiro atoms. The zero-order valence-electron chi connectivity index (χ0n) is 40.4. The van der Waals surface area contributed by atoms with Crippen LogP contribution in [-0.2, 0) is 28.6 Å². The number of hydrogen-bond acceptors (Lipinski definition) is 6. The van der Waals surface area contributed by atoms with Crippen LogP contribution in [0, 0.1) is 11.8 Å². The highest BCUT2D eigenvalue weighted by atomic mass is 16.6. The van der Waals surface area contributed by atoms with Crippen LogP contribution in [0.3, 0.4) is 0 Å². The van der Waals surface area contributed by atoms with E-state index >= 15 is 0 Å². The molecule has 0 aliphatic heterocycles. The van der Waals surface area contributed by atoms with Gasteiger partial charge in [-0.15, -0.1) is 0 Å². The maximum absolute atomic E-state index is 12.8. The van der Waals surface area contributed by atoms with E-state index in [0.717, 1.165) is 69.6 Å². The zero-order valence-corrected chi connectivity index (χ0v) is 40.4. The van der Waals surface area contributed by atoms with E-state index in [-0.39, 0.29) is 31.1 Å². The minimum Gasteiger partial charge on any atom is -0.462 e. The summed E-state index contributed by atoms with van der Waals surface area (Å²) >= 11 is 0. The monoisotopic (exact) mass is 835 g/mol. The number of carbonyl (C=O) groups excluding carboxylic acids is 3. The molecule has 0 saturated carbocycles. The third-order valence-corrected chi connectivity index (χ3v) is 12.0. The van der Waals surface area contributed by atoms with Crippen molar-refractivity contribution in [2.45, 2.75) is 298 Å². The summed E-state index contributed by atoms with van der Waals surface area (Å²) in [4.78, 5) is 38.0. The number of hydrogen-bond donors (Lipinski definition) is 0. The van der Waals surface area contributed by atoms with E-state index in [4.69, 9.17) is 14.2 Å². The Morgan fingerprint density at radius 2 is 0.559 bits per heavy atom. The van der Waals surface area contributed by atoms with Gasteiger partial charge in [0.15, 0.2) is 6.10 Å². The minimum absolute atomic E-state index is 0.0636. The average Bonchev–Trinajstić information content (AvgIpc) is 3.20. The highest BCUT2D eigenvalue weighted by Gasteiger charge is 2.19. The Balaban J connectivity index is 4.32. The summed E-state index contributed by atoms with van der Waals surface area (Å²) in [6.07, 6.45) is 46.6. The number of esters is 3. The number of rotatable bonds is 47. The Morgan fingerprint density at radius 3 is 0.831 bits per heavy atom. The Morgan fingerprint density at radius 1 is 0.322 bits per heavy atom. The van der Waals surface area contributed by atoms with Gasteiger partial charge in [-0.3, -0.25) is 14.4 Å². The third kappa shape index (κ3) is 47.3. The molecular formula is C53H102O6. The molecule has 0 bridgehead atoms. The fraction of sp³-hybridized carbons (Fsp3) is 0.943. The first-order valence-electron chi connectivity index (χ1n) is 26.2. The lowest BCUT2D eigenvalue weighted by Crippen LogP contribution is -2.30. The largest absolute Gasteiger partial charge is 0.462 e. The lowest BCUT2D eigenvalue weighted by molar-refractivity contribution is -0.167. The topological polar surface area (TPSA) is 78.9 Å². The molecule has 0 aromatic heterocycles. The molecule has 0 aliphatic carbocycles. The molecule has 0 heterocycles. The molecular weight excluding hydrogens is 733 g/mol. The van der Waals surface area contributed by atoms with Gasteiger partial charge in [0.1, 0.15) is 13.2 Å². The molecule has 59 heavy (non-hydrogen) atoms. The summed E-state index contributed by atoms with van der Waals surface area (Å²) in [5.74, 6) is 0.796. The van der Waals surface area contributed by atoms with E-state index in [1.807, 2.05) is 0 Å². The van der Waals surface area contributed by atoms with E-state index in [1.165, 1.54) is 180 Å². The number of ether oxygens (including phenoxy) is 3. The van der Waals surface area contributed by atoms with E-state index < -0.39 is 6.10 Å². The van der Waals surface area contributed by atoms with Gasteiger partial charge in [-0.1, -0.05) is 253 Å². The predicted molar refractivity (Wildman–Crippen MR) is 252 cm³/mol. The number of carbonyl (C=O) groups is 3. The Bertz CT molecular complexity index is 900. The summed E-state index contributed by atoms with van der Waals surface area (Å²) in [7, 11) is 0. The quantitative estimate of drug-likeness (QED) is 0.0345. The van der Waals surface area contributed by atoms with Crippen LogP contribution in [0.1, 0.15) is 291 Å². The molecule has 0 saturated heterocycles. The van der Waals surface area contributed by atoms with Crippen LogP contribution in [0.2, 0.25) is 0 Å². The van der Waals surface area contributed by atoms with Crippen LogP contribution >= 0.6 is 0 Å². The van der Waals surface area contributed by atoms with Gasteiger partial charge in [0, 0.05) is 19.3 Å². The molecule has 6 nitrogen and oxygen atoms in total. The summed E-state index contributed by atoms with van der Waals surface area (Å²) in [5.41, 5.74) is 0. The molecule has 0 fully saturated rings. The fourth-order valence-electron chi connectivity index (χ4n) is 7.99. The molecule has 0 aliphatic rings. The standard InChI is InChI=1S/C53H102O6/c1-6-7-8-9-10-11-12-13-14-17-23-28-33-38-43-51(54)57-46-50(59-53(56)45-40-35-30-25-20-19-22-27-32-37-42-49(4)5)47-58-52(55)44-39-34-29-24-18-15-16-21-26-31-36-41-48(2)3/h48-50H,6-47H2,1-5H3/t50-/m0/s1. The van der Waals surface area contributed by atoms with Crippen molar-refractivity contribution in [3.8, 4) is 0 Å². The summed E-state index contributed by atoms with van der Waals surface area (Å²) in [6, 6.07) is 0. The highest BCUT2D eigenvalue weighted by Crippen LogP contribution is 2.17. The van der Waals surface area contributed by atoms with Gasteiger partial charge in [0.05, 0.1) is 0 Å². The van der Waals surface area contributed by atoms with Crippen molar-refractivity contribution in [3.05, 3.63) is 0 Å². The third-order valence-electron chi connectivity index (χ3n) is 12.0. The second-order valence-electron chi connectivity index (χ2n) is 19.1. The smallest absolute Gasteiger partial charge is 0.306 e. The molecule has 0 aromatic rings. The lowest BCUT2D eigenvalue weighted by Gasteiger charge is -2.18. The first-order valence-corrected chi connectivity index (χ1v) is 26.2. The normalized spacial score (nSPS) is 12.1. The summed E-state index contributed by atoms with van der Waals surface area (Å²) in [6.45, 7) is 11.4. The average molecular weight is 835 g/mol. The maximum atomic E-state index is 12.8. The van der Waals surface area contributed by atoms with Crippen LogP contribution in [0.25, 0.3) is 0 Å².